The third-order valence-electron chi connectivity index (χ3n) is 4.51. The molecule has 0 aliphatic heterocycles. The maximum Gasteiger partial charge on any atom is 0.222 e. The van der Waals surface area contributed by atoms with Crippen LogP contribution in [0.25, 0.3) is 0 Å². The normalized spacial score (nSPS) is 14.2. The van der Waals surface area contributed by atoms with Gasteiger partial charge in [-0.3, -0.25) is 4.79 Å². The van der Waals surface area contributed by atoms with Crippen molar-refractivity contribution in [2.45, 2.75) is 52.5 Å². The van der Waals surface area contributed by atoms with E-state index in [9.17, 15) is 4.79 Å². The number of amides is 1. The highest BCUT2D eigenvalue weighted by Crippen LogP contribution is 2.28. The molecular formula is C19H32N2O. The largest absolute Gasteiger partial charge is 0.346 e. The molecule has 0 aliphatic carbocycles. The minimum atomic E-state index is 0.158. The Morgan fingerprint density at radius 2 is 1.68 bits per heavy atom. The fourth-order valence-electron chi connectivity index (χ4n) is 2.58. The summed E-state index contributed by atoms with van der Waals surface area (Å²) < 4.78 is 0. The van der Waals surface area contributed by atoms with Crippen LogP contribution in [0.4, 0.5) is 0 Å². The van der Waals surface area contributed by atoms with E-state index in [-0.39, 0.29) is 17.9 Å². The molecule has 1 rings (SSSR count). The van der Waals surface area contributed by atoms with Gasteiger partial charge in [0.05, 0.1) is 0 Å². The molecule has 22 heavy (non-hydrogen) atoms. The number of benzene rings is 1. The Balaban J connectivity index is 2.60. The van der Waals surface area contributed by atoms with Crippen LogP contribution in [0, 0.1) is 11.8 Å². The average molecular weight is 304 g/mol. The molecule has 124 valence electrons. The third kappa shape index (κ3) is 5.80. The van der Waals surface area contributed by atoms with E-state index in [1.165, 1.54) is 5.56 Å². The van der Waals surface area contributed by atoms with Gasteiger partial charge in [0.15, 0.2) is 0 Å². The highest BCUT2D eigenvalue weighted by atomic mass is 16.2. The van der Waals surface area contributed by atoms with Gasteiger partial charge in [-0.1, -0.05) is 58.0 Å². The summed E-state index contributed by atoms with van der Waals surface area (Å²) in [5.74, 6) is 1.38. The molecule has 2 atom stereocenters. The summed E-state index contributed by atoms with van der Waals surface area (Å²) in [5, 5.41) is 0. The van der Waals surface area contributed by atoms with Gasteiger partial charge in [-0.25, -0.2) is 0 Å². The van der Waals surface area contributed by atoms with Crippen LogP contribution in [0.15, 0.2) is 30.3 Å². The summed E-state index contributed by atoms with van der Waals surface area (Å²) in [6.45, 7) is 9.34. The molecule has 0 saturated carbocycles. The SMILES string of the molecule is CC(C)C(N)CCN(C)C(=O)CC(c1ccccc1)C(C)C. The van der Waals surface area contributed by atoms with Gasteiger partial charge in [0, 0.05) is 26.1 Å². The summed E-state index contributed by atoms with van der Waals surface area (Å²) >= 11 is 0. The fraction of sp³-hybridized carbons (Fsp3) is 0.632. The topological polar surface area (TPSA) is 46.3 Å². The molecule has 0 fully saturated rings. The fourth-order valence-corrected chi connectivity index (χ4v) is 2.58. The van der Waals surface area contributed by atoms with E-state index in [0.29, 0.717) is 18.3 Å². The first-order chi connectivity index (χ1) is 10.3. The van der Waals surface area contributed by atoms with Gasteiger partial charge in [-0.05, 0) is 29.7 Å². The summed E-state index contributed by atoms with van der Waals surface area (Å²) in [7, 11) is 1.89. The average Bonchev–Trinajstić information content (AvgIpc) is 2.49. The van der Waals surface area contributed by atoms with Crippen LogP contribution >= 0.6 is 0 Å². The maximum absolute atomic E-state index is 12.5. The predicted molar refractivity (Wildman–Crippen MR) is 93.7 cm³/mol. The quantitative estimate of drug-likeness (QED) is 0.797. The lowest BCUT2D eigenvalue weighted by atomic mass is 9.85. The zero-order valence-electron chi connectivity index (χ0n) is 14.8. The number of nitrogens with zero attached hydrogens (tertiary/aromatic N) is 1. The zero-order valence-corrected chi connectivity index (χ0v) is 14.8. The molecular weight excluding hydrogens is 272 g/mol. The summed E-state index contributed by atoms with van der Waals surface area (Å²) in [4.78, 5) is 14.3. The molecule has 0 saturated heterocycles. The van der Waals surface area contributed by atoms with E-state index in [0.717, 1.165) is 13.0 Å². The van der Waals surface area contributed by atoms with Crippen molar-refractivity contribution >= 4 is 5.91 Å². The Labute approximate surface area is 135 Å². The van der Waals surface area contributed by atoms with Crippen LogP contribution in [0.3, 0.4) is 0 Å². The minimum Gasteiger partial charge on any atom is -0.346 e. The summed E-state index contributed by atoms with van der Waals surface area (Å²) in [5.41, 5.74) is 7.32. The second kappa shape index (κ2) is 8.94. The number of rotatable bonds is 8. The number of hydrogen-bond acceptors (Lipinski definition) is 2. The van der Waals surface area contributed by atoms with Crippen molar-refractivity contribution in [3.05, 3.63) is 35.9 Å². The zero-order chi connectivity index (χ0) is 16.7. The maximum atomic E-state index is 12.5. The van der Waals surface area contributed by atoms with Crippen LogP contribution in [0.5, 0.6) is 0 Å². The van der Waals surface area contributed by atoms with Gasteiger partial charge in [0.1, 0.15) is 0 Å². The monoisotopic (exact) mass is 304 g/mol. The molecule has 0 heterocycles. The van der Waals surface area contributed by atoms with Gasteiger partial charge >= 0.3 is 0 Å². The highest BCUT2D eigenvalue weighted by Gasteiger charge is 2.21. The van der Waals surface area contributed by atoms with Crippen molar-refractivity contribution in [3.63, 3.8) is 0 Å². The molecule has 0 aliphatic rings. The van der Waals surface area contributed by atoms with Gasteiger partial charge in [-0.2, -0.15) is 0 Å². The van der Waals surface area contributed by atoms with Crippen LogP contribution in [-0.4, -0.2) is 30.4 Å². The van der Waals surface area contributed by atoms with Crippen LogP contribution in [-0.2, 0) is 4.79 Å². The lowest BCUT2D eigenvalue weighted by molar-refractivity contribution is -0.130. The summed E-state index contributed by atoms with van der Waals surface area (Å²) in [6.07, 6.45) is 1.42. The van der Waals surface area contributed by atoms with Crippen molar-refractivity contribution in [2.75, 3.05) is 13.6 Å². The number of carbonyl (C=O) groups is 1. The molecule has 1 amide bonds. The van der Waals surface area contributed by atoms with E-state index < -0.39 is 0 Å². The van der Waals surface area contributed by atoms with Gasteiger partial charge in [-0.15, -0.1) is 0 Å². The number of hydrogen-bond donors (Lipinski definition) is 1. The molecule has 0 bridgehead atoms. The Morgan fingerprint density at radius 1 is 1.09 bits per heavy atom. The van der Waals surface area contributed by atoms with Crippen molar-refractivity contribution in [1.29, 1.82) is 0 Å². The number of nitrogens with two attached hydrogens (primary N) is 1. The lowest BCUT2D eigenvalue weighted by Crippen LogP contribution is -2.35. The van der Waals surface area contributed by atoms with Gasteiger partial charge < -0.3 is 10.6 Å². The minimum absolute atomic E-state index is 0.158. The second-order valence-corrected chi connectivity index (χ2v) is 6.98. The van der Waals surface area contributed by atoms with Gasteiger partial charge in [0.25, 0.3) is 0 Å². The number of carbonyl (C=O) groups excluding carboxylic acids is 1. The third-order valence-corrected chi connectivity index (χ3v) is 4.51. The Hall–Kier alpha value is -1.35. The molecule has 3 heteroatoms. The molecule has 1 aromatic rings. The van der Waals surface area contributed by atoms with Crippen molar-refractivity contribution in [3.8, 4) is 0 Å². The first-order valence-corrected chi connectivity index (χ1v) is 8.37. The first kappa shape index (κ1) is 18.7. The van der Waals surface area contributed by atoms with E-state index in [4.69, 9.17) is 5.73 Å². The van der Waals surface area contributed by atoms with Crippen molar-refractivity contribution < 1.29 is 4.79 Å². The smallest absolute Gasteiger partial charge is 0.222 e. The predicted octanol–water partition coefficient (Wildman–Crippen LogP) is 3.65. The van der Waals surface area contributed by atoms with Crippen molar-refractivity contribution in [2.24, 2.45) is 17.6 Å². The molecule has 0 spiro atoms. The lowest BCUT2D eigenvalue weighted by Gasteiger charge is -2.26. The van der Waals surface area contributed by atoms with E-state index in [2.05, 4.69) is 39.8 Å². The van der Waals surface area contributed by atoms with Crippen LogP contribution < -0.4 is 5.73 Å². The first-order valence-electron chi connectivity index (χ1n) is 8.37. The Kier molecular flexibility index (Phi) is 7.60. The molecule has 2 unspecified atom stereocenters. The molecule has 1 aromatic carbocycles. The second-order valence-electron chi connectivity index (χ2n) is 6.98. The van der Waals surface area contributed by atoms with Crippen LogP contribution in [0.2, 0.25) is 0 Å². The van der Waals surface area contributed by atoms with E-state index >= 15 is 0 Å². The highest BCUT2D eigenvalue weighted by molar-refractivity contribution is 5.76. The van der Waals surface area contributed by atoms with Crippen molar-refractivity contribution in [1.82, 2.24) is 4.90 Å². The standard InChI is InChI=1S/C19H32N2O/c1-14(2)17(16-9-7-6-8-10-16)13-19(22)21(5)12-11-18(20)15(3)4/h6-10,14-15,17-18H,11-13,20H2,1-5H3. The van der Waals surface area contributed by atoms with Crippen LogP contribution in [0.1, 0.15) is 52.0 Å². The van der Waals surface area contributed by atoms with E-state index in [1.54, 1.807) is 0 Å². The van der Waals surface area contributed by atoms with Gasteiger partial charge in [0.2, 0.25) is 5.91 Å². The molecule has 3 nitrogen and oxygen atoms in total. The van der Waals surface area contributed by atoms with E-state index in [1.807, 2.05) is 30.1 Å². The summed E-state index contributed by atoms with van der Waals surface area (Å²) in [6, 6.07) is 10.5. The Morgan fingerprint density at radius 3 is 2.18 bits per heavy atom. The molecule has 0 radical (unpaired) electrons. The Bertz CT molecular complexity index is 442. The molecule has 2 N–H and O–H groups in total. The molecule has 0 aromatic heterocycles.